The van der Waals surface area contributed by atoms with Crippen LogP contribution in [0.3, 0.4) is 0 Å². The number of hydrogen-bond donors (Lipinski definition) is 2. The molecule has 0 saturated carbocycles. The SMILES string of the molecule is C.O=c1cc[nH]c(=S)[nH]1. The molecule has 1 rings (SSSR count). The van der Waals surface area contributed by atoms with Gasteiger partial charge < -0.3 is 4.98 Å². The molecule has 4 heteroatoms. The summed E-state index contributed by atoms with van der Waals surface area (Å²) in [6.07, 6.45) is 1.50. The Morgan fingerprint density at radius 1 is 1.56 bits per heavy atom. The lowest BCUT2D eigenvalue weighted by atomic mass is 10.7. The van der Waals surface area contributed by atoms with Gasteiger partial charge in [0.1, 0.15) is 0 Å². The first-order valence-corrected chi connectivity index (χ1v) is 2.48. The van der Waals surface area contributed by atoms with Gasteiger partial charge in [0.05, 0.1) is 0 Å². The zero-order valence-electron chi connectivity index (χ0n) is 3.97. The summed E-state index contributed by atoms with van der Waals surface area (Å²) in [6.45, 7) is 0. The van der Waals surface area contributed by atoms with Crippen LogP contribution in [-0.4, -0.2) is 9.97 Å². The maximum atomic E-state index is 10.3. The van der Waals surface area contributed by atoms with Gasteiger partial charge in [0, 0.05) is 12.3 Å². The van der Waals surface area contributed by atoms with E-state index >= 15 is 0 Å². The summed E-state index contributed by atoms with van der Waals surface area (Å²) in [4.78, 5) is 15.4. The van der Waals surface area contributed by atoms with Gasteiger partial charge in [0.15, 0.2) is 4.77 Å². The molecule has 0 unspecified atom stereocenters. The van der Waals surface area contributed by atoms with Gasteiger partial charge in [-0.15, -0.1) is 0 Å². The first-order chi connectivity index (χ1) is 3.79. The molecular weight excluding hydrogens is 136 g/mol. The predicted molar refractivity (Wildman–Crippen MR) is 39.0 cm³/mol. The van der Waals surface area contributed by atoms with Crippen LogP contribution in [0.1, 0.15) is 7.43 Å². The van der Waals surface area contributed by atoms with Crippen LogP contribution in [0.2, 0.25) is 0 Å². The number of hydrogen-bond acceptors (Lipinski definition) is 2. The topological polar surface area (TPSA) is 48.6 Å². The first-order valence-electron chi connectivity index (χ1n) is 2.07. The van der Waals surface area contributed by atoms with E-state index in [-0.39, 0.29) is 13.0 Å². The fraction of sp³-hybridized carbons (Fsp3) is 0.200. The van der Waals surface area contributed by atoms with Crippen molar-refractivity contribution in [2.75, 3.05) is 0 Å². The normalized spacial score (nSPS) is 8.00. The van der Waals surface area contributed by atoms with E-state index in [4.69, 9.17) is 0 Å². The van der Waals surface area contributed by atoms with Crippen molar-refractivity contribution in [3.63, 3.8) is 0 Å². The van der Waals surface area contributed by atoms with Crippen LogP contribution in [0.25, 0.3) is 0 Å². The number of aromatic amines is 2. The molecule has 3 nitrogen and oxygen atoms in total. The van der Waals surface area contributed by atoms with Gasteiger partial charge >= 0.3 is 0 Å². The van der Waals surface area contributed by atoms with Gasteiger partial charge in [-0.2, -0.15) is 0 Å². The van der Waals surface area contributed by atoms with E-state index in [1.165, 1.54) is 12.3 Å². The molecule has 1 aromatic heterocycles. The van der Waals surface area contributed by atoms with Crippen molar-refractivity contribution in [3.05, 3.63) is 27.4 Å². The highest BCUT2D eigenvalue weighted by atomic mass is 32.1. The Morgan fingerprint density at radius 2 is 2.22 bits per heavy atom. The van der Waals surface area contributed by atoms with Crippen LogP contribution in [0, 0.1) is 4.77 Å². The van der Waals surface area contributed by atoms with Gasteiger partial charge in [-0.3, -0.25) is 9.78 Å². The molecule has 0 radical (unpaired) electrons. The molecule has 0 bridgehead atoms. The van der Waals surface area contributed by atoms with Gasteiger partial charge in [-0.1, -0.05) is 7.43 Å². The third-order valence-electron chi connectivity index (χ3n) is 0.686. The molecule has 0 aliphatic heterocycles. The molecule has 0 spiro atoms. The Hall–Kier alpha value is -0.900. The Labute approximate surface area is 57.8 Å². The van der Waals surface area contributed by atoms with Gasteiger partial charge in [-0.05, 0) is 12.2 Å². The number of H-pyrrole nitrogens is 2. The zero-order chi connectivity index (χ0) is 5.98. The van der Waals surface area contributed by atoms with E-state index in [0.29, 0.717) is 4.77 Å². The van der Waals surface area contributed by atoms with Crippen LogP contribution in [0.5, 0.6) is 0 Å². The standard InChI is InChI=1S/C4H4N2OS.CH4/c7-3-1-2-5-4(8)6-3;/h1-2H,(H2,5,6,7,8);1H4. The number of aromatic nitrogens is 2. The second-order valence-corrected chi connectivity index (χ2v) is 1.70. The second-order valence-electron chi connectivity index (χ2n) is 1.30. The van der Waals surface area contributed by atoms with Crippen molar-refractivity contribution in [1.29, 1.82) is 0 Å². The van der Waals surface area contributed by atoms with Crippen molar-refractivity contribution in [2.45, 2.75) is 7.43 Å². The summed E-state index contributed by atoms with van der Waals surface area (Å²) in [6, 6.07) is 1.37. The maximum absolute atomic E-state index is 10.3. The highest BCUT2D eigenvalue weighted by molar-refractivity contribution is 7.71. The highest BCUT2D eigenvalue weighted by Crippen LogP contribution is 1.67. The van der Waals surface area contributed by atoms with Gasteiger partial charge in [0.25, 0.3) is 5.56 Å². The first kappa shape index (κ1) is 8.10. The van der Waals surface area contributed by atoms with Crippen molar-refractivity contribution in [1.82, 2.24) is 9.97 Å². The quantitative estimate of drug-likeness (QED) is 0.535. The van der Waals surface area contributed by atoms with Crippen molar-refractivity contribution < 1.29 is 0 Å². The van der Waals surface area contributed by atoms with E-state index in [9.17, 15) is 4.79 Å². The van der Waals surface area contributed by atoms with E-state index in [1.807, 2.05) is 0 Å². The van der Waals surface area contributed by atoms with Crippen molar-refractivity contribution in [3.8, 4) is 0 Å². The summed E-state index contributed by atoms with van der Waals surface area (Å²) < 4.78 is 0.359. The highest BCUT2D eigenvalue weighted by Gasteiger charge is 1.74. The van der Waals surface area contributed by atoms with Gasteiger partial charge in [-0.25, -0.2) is 0 Å². The lowest BCUT2D eigenvalue weighted by Gasteiger charge is -1.78. The average Bonchev–Trinajstić information content (AvgIpc) is 1.64. The van der Waals surface area contributed by atoms with E-state index < -0.39 is 0 Å². The molecule has 0 aliphatic rings. The number of nitrogens with one attached hydrogen (secondary N) is 2. The van der Waals surface area contributed by atoms with Crippen LogP contribution >= 0.6 is 12.2 Å². The van der Waals surface area contributed by atoms with E-state index in [0.717, 1.165) is 0 Å². The maximum Gasteiger partial charge on any atom is 0.251 e. The molecular formula is C5H8N2OS. The summed E-state index contributed by atoms with van der Waals surface area (Å²) in [5.41, 5.74) is -0.172. The summed E-state index contributed by atoms with van der Waals surface area (Å²) >= 11 is 4.59. The molecule has 0 atom stereocenters. The minimum Gasteiger partial charge on any atom is -0.339 e. The summed E-state index contributed by atoms with van der Waals surface area (Å²) in [5.74, 6) is 0. The summed E-state index contributed by atoms with van der Waals surface area (Å²) in [7, 11) is 0. The lowest BCUT2D eigenvalue weighted by molar-refractivity contribution is 1.09. The molecule has 0 saturated heterocycles. The minimum atomic E-state index is -0.172. The van der Waals surface area contributed by atoms with Crippen molar-refractivity contribution >= 4 is 12.2 Å². The zero-order valence-corrected chi connectivity index (χ0v) is 4.79. The number of rotatable bonds is 0. The Kier molecular flexibility index (Phi) is 2.87. The molecule has 0 aromatic carbocycles. The van der Waals surface area contributed by atoms with Crippen molar-refractivity contribution in [2.24, 2.45) is 0 Å². The fourth-order valence-corrected chi connectivity index (χ4v) is 0.551. The Bertz CT molecular complexity index is 249. The monoisotopic (exact) mass is 144 g/mol. The van der Waals surface area contributed by atoms with E-state index in [2.05, 4.69) is 22.2 Å². The van der Waals surface area contributed by atoms with Crippen LogP contribution in [-0.2, 0) is 0 Å². The van der Waals surface area contributed by atoms with Gasteiger partial charge in [0.2, 0.25) is 0 Å². The predicted octanol–water partition coefficient (Wildman–Crippen LogP) is 1.07. The molecule has 50 valence electrons. The fourth-order valence-electron chi connectivity index (χ4n) is 0.383. The molecule has 0 aliphatic carbocycles. The van der Waals surface area contributed by atoms with Crippen LogP contribution < -0.4 is 5.56 Å². The molecule has 2 N–H and O–H groups in total. The molecule has 1 heterocycles. The second kappa shape index (κ2) is 3.19. The largest absolute Gasteiger partial charge is 0.339 e. The molecule has 0 amide bonds. The molecule has 9 heavy (non-hydrogen) atoms. The van der Waals surface area contributed by atoms with Crippen LogP contribution in [0.4, 0.5) is 0 Å². The summed E-state index contributed by atoms with van der Waals surface area (Å²) in [5, 5.41) is 0. The third-order valence-corrected chi connectivity index (χ3v) is 0.906. The minimum absolute atomic E-state index is 0. The van der Waals surface area contributed by atoms with E-state index in [1.54, 1.807) is 0 Å². The lowest BCUT2D eigenvalue weighted by Crippen LogP contribution is -2.02. The Morgan fingerprint density at radius 3 is 2.56 bits per heavy atom. The smallest absolute Gasteiger partial charge is 0.251 e. The third kappa shape index (κ3) is 2.23. The molecule has 0 fully saturated rings. The molecule has 1 aromatic rings. The van der Waals surface area contributed by atoms with Crippen LogP contribution in [0.15, 0.2) is 17.1 Å². The Balaban J connectivity index is 0.000000640. The average molecular weight is 144 g/mol.